The Hall–Kier alpha value is 0.350. The molecule has 0 aromatic heterocycles. The minimum absolute atomic E-state index is 0.0684. The van der Waals surface area contributed by atoms with Crippen LogP contribution in [0.2, 0.25) is 0 Å². The fourth-order valence-corrected chi connectivity index (χ4v) is 4.69. The number of alkyl halides is 1. The molecule has 1 aliphatic rings. The van der Waals surface area contributed by atoms with Gasteiger partial charge in [0.25, 0.3) is 0 Å². The Kier molecular flexibility index (Phi) is 4.80. The zero-order chi connectivity index (χ0) is 12.4. The quantitative estimate of drug-likeness (QED) is 0.741. The summed E-state index contributed by atoms with van der Waals surface area (Å²) in [5.41, 5.74) is -0.214. The van der Waals surface area contributed by atoms with Gasteiger partial charge in [-0.1, -0.05) is 36.7 Å². The molecule has 6 heteroatoms. The van der Waals surface area contributed by atoms with E-state index in [2.05, 4.69) is 15.9 Å². The standard InChI is InChI=1S/C10H20BrNO3S/c1-10(2,3)8-16(13,14)12-4-5-15-7-9(12)6-11/h9H,4-8H2,1-3H3. The zero-order valence-corrected chi connectivity index (χ0v) is 12.5. The van der Waals surface area contributed by atoms with Crippen molar-refractivity contribution in [2.24, 2.45) is 5.41 Å². The summed E-state index contributed by atoms with van der Waals surface area (Å²) in [6.45, 7) is 7.26. The van der Waals surface area contributed by atoms with Gasteiger partial charge in [0, 0.05) is 11.9 Å². The molecule has 0 aliphatic carbocycles. The molecular weight excluding hydrogens is 294 g/mol. The van der Waals surface area contributed by atoms with Crippen molar-refractivity contribution in [1.82, 2.24) is 4.31 Å². The molecule has 0 aromatic carbocycles. The van der Waals surface area contributed by atoms with Crippen molar-refractivity contribution in [3.8, 4) is 0 Å². The Morgan fingerprint density at radius 1 is 1.44 bits per heavy atom. The number of nitrogens with zero attached hydrogens (tertiary/aromatic N) is 1. The van der Waals surface area contributed by atoms with E-state index in [1.807, 2.05) is 20.8 Å². The van der Waals surface area contributed by atoms with E-state index in [9.17, 15) is 8.42 Å². The molecule has 96 valence electrons. The van der Waals surface area contributed by atoms with E-state index in [4.69, 9.17) is 4.74 Å². The van der Waals surface area contributed by atoms with Crippen molar-refractivity contribution in [3.63, 3.8) is 0 Å². The van der Waals surface area contributed by atoms with Gasteiger partial charge in [-0.2, -0.15) is 4.31 Å². The van der Waals surface area contributed by atoms with E-state index in [0.717, 1.165) is 0 Å². The van der Waals surface area contributed by atoms with Crippen LogP contribution in [-0.2, 0) is 14.8 Å². The van der Waals surface area contributed by atoms with Gasteiger partial charge in [0.1, 0.15) is 0 Å². The minimum Gasteiger partial charge on any atom is -0.378 e. The third-order valence-electron chi connectivity index (χ3n) is 2.32. The minimum atomic E-state index is -3.18. The molecule has 0 bridgehead atoms. The lowest BCUT2D eigenvalue weighted by atomic mass is 10.0. The highest BCUT2D eigenvalue weighted by Gasteiger charge is 2.34. The fraction of sp³-hybridized carbons (Fsp3) is 1.00. The molecule has 0 amide bonds. The van der Waals surface area contributed by atoms with Crippen LogP contribution < -0.4 is 0 Å². The first kappa shape index (κ1) is 14.4. The van der Waals surface area contributed by atoms with E-state index >= 15 is 0 Å². The predicted octanol–water partition coefficient (Wildman–Crippen LogP) is 1.46. The number of ether oxygens (including phenoxy) is 1. The molecule has 0 spiro atoms. The molecule has 1 saturated heterocycles. The molecule has 4 nitrogen and oxygen atoms in total. The molecule has 1 atom stereocenters. The summed E-state index contributed by atoms with van der Waals surface area (Å²) in [5, 5.41) is 0.621. The van der Waals surface area contributed by atoms with Crippen LogP contribution in [0.3, 0.4) is 0 Å². The van der Waals surface area contributed by atoms with Crippen LogP contribution in [0.25, 0.3) is 0 Å². The average Bonchev–Trinajstić information content (AvgIpc) is 2.14. The Morgan fingerprint density at radius 3 is 2.56 bits per heavy atom. The molecule has 1 rings (SSSR count). The first-order valence-corrected chi connectivity index (χ1v) is 8.12. The van der Waals surface area contributed by atoms with Gasteiger partial charge >= 0.3 is 0 Å². The van der Waals surface area contributed by atoms with Crippen molar-refractivity contribution in [2.75, 3.05) is 30.8 Å². The van der Waals surface area contributed by atoms with Crippen LogP contribution in [0.4, 0.5) is 0 Å². The SMILES string of the molecule is CC(C)(C)CS(=O)(=O)N1CCOCC1CBr. The molecule has 1 heterocycles. The number of hydrogen-bond acceptors (Lipinski definition) is 3. The summed E-state index contributed by atoms with van der Waals surface area (Å²) in [5.74, 6) is 0.184. The molecule has 0 radical (unpaired) electrons. The van der Waals surface area contributed by atoms with E-state index in [-0.39, 0.29) is 17.2 Å². The monoisotopic (exact) mass is 313 g/mol. The van der Waals surface area contributed by atoms with Gasteiger partial charge in [0.05, 0.1) is 25.0 Å². The highest BCUT2D eigenvalue weighted by Crippen LogP contribution is 2.22. The smallest absolute Gasteiger partial charge is 0.215 e. The molecule has 0 aromatic rings. The second-order valence-electron chi connectivity index (χ2n) is 5.31. The molecule has 1 aliphatic heterocycles. The van der Waals surface area contributed by atoms with Crippen LogP contribution in [-0.4, -0.2) is 49.6 Å². The summed E-state index contributed by atoms with van der Waals surface area (Å²) in [6.07, 6.45) is 0. The molecule has 16 heavy (non-hydrogen) atoms. The number of sulfonamides is 1. The Morgan fingerprint density at radius 2 is 2.06 bits per heavy atom. The van der Waals surface area contributed by atoms with Crippen LogP contribution in [0.1, 0.15) is 20.8 Å². The lowest BCUT2D eigenvalue weighted by molar-refractivity contribution is 0.0410. The van der Waals surface area contributed by atoms with Crippen LogP contribution >= 0.6 is 15.9 Å². The summed E-state index contributed by atoms with van der Waals surface area (Å²) >= 11 is 3.34. The summed E-state index contributed by atoms with van der Waals surface area (Å²) < 4.78 is 31.3. The Balaban J connectivity index is 2.80. The van der Waals surface area contributed by atoms with Crippen LogP contribution in [0, 0.1) is 5.41 Å². The van der Waals surface area contributed by atoms with Gasteiger partial charge in [-0.05, 0) is 5.41 Å². The predicted molar refractivity (Wildman–Crippen MR) is 68.3 cm³/mol. The van der Waals surface area contributed by atoms with Crippen LogP contribution in [0.5, 0.6) is 0 Å². The summed E-state index contributed by atoms with van der Waals surface area (Å²) in [6, 6.07) is -0.0684. The number of halogens is 1. The molecule has 1 unspecified atom stereocenters. The third kappa shape index (κ3) is 3.98. The number of hydrogen-bond donors (Lipinski definition) is 0. The summed E-state index contributed by atoms with van der Waals surface area (Å²) in [7, 11) is -3.18. The second kappa shape index (κ2) is 5.33. The lowest BCUT2D eigenvalue weighted by Crippen LogP contribution is -2.51. The van der Waals surface area contributed by atoms with Gasteiger partial charge < -0.3 is 4.74 Å². The third-order valence-corrected chi connectivity index (χ3v) is 5.50. The lowest BCUT2D eigenvalue weighted by Gasteiger charge is -2.35. The molecular formula is C10H20BrNO3S. The largest absolute Gasteiger partial charge is 0.378 e. The number of morpholine rings is 1. The van der Waals surface area contributed by atoms with Crippen molar-refractivity contribution >= 4 is 26.0 Å². The van der Waals surface area contributed by atoms with E-state index in [1.165, 1.54) is 0 Å². The normalized spacial score (nSPS) is 24.6. The maximum Gasteiger partial charge on any atom is 0.215 e. The average molecular weight is 314 g/mol. The fourth-order valence-electron chi connectivity index (χ4n) is 1.76. The zero-order valence-electron chi connectivity index (χ0n) is 10.1. The van der Waals surface area contributed by atoms with Gasteiger partial charge in [-0.25, -0.2) is 8.42 Å². The van der Waals surface area contributed by atoms with Crippen molar-refractivity contribution in [2.45, 2.75) is 26.8 Å². The Bertz CT molecular complexity index is 323. The van der Waals surface area contributed by atoms with Crippen molar-refractivity contribution in [1.29, 1.82) is 0 Å². The van der Waals surface area contributed by atoms with Crippen molar-refractivity contribution < 1.29 is 13.2 Å². The highest BCUT2D eigenvalue weighted by atomic mass is 79.9. The second-order valence-corrected chi connectivity index (χ2v) is 7.88. The highest BCUT2D eigenvalue weighted by molar-refractivity contribution is 9.09. The summed E-state index contributed by atoms with van der Waals surface area (Å²) in [4.78, 5) is 0. The maximum absolute atomic E-state index is 12.2. The van der Waals surface area contributed by atoms with Gasteiger partial charge in [0.2, 0.25) is 10.0 Å². The van der Waals surface area contributed by atoms with Gasteiger partial charge in [0.15, 0.2) is 0 Å². The van der Waals surface area contributed by atoms with Gasteiger partial charge in [-0.15, -0.1) is 0 Å². The Labute approximate surface area is 107 Å². The first-order chi connectivity index (χ1) is 7.26. The topological polar surface area (TPSA) is 46.6 Å². The first-order valence-electron chi connectivity index (χ1n) is 5.39. The molecule has 0 N–H and O–H groups in total. The molecule has 0 saturated carbocycles. The number of rotatable bonds is 3. The van der Waals surface area contributed by atoms with E-state index in [0.29, 0.717) is 25.1 Å². The van der Waals surface area contributed by atoms with E-state index in [1.54, 1.807) is 4.31 Å². The van der Waals surface area contributed by atoms with E-state index < -0.39 is 10.0 Å². The maximum atomic E-state index is 12.2. The molecule has 1 fully saturated rings. The van der Waals surface area contributed by atoms with Crippen molar-refractivity contribution in [3.05, 3.63) is 0 Å². The van der Waals surface area contributed by atoms with Crippen LogP contribution in [0.15, 0.2) is 0 Å². The van der Waals surface area contributed by atoms with Gasteiger partial charge in [-0.3, -0.25) is 0 Å².